The van der Waals surface area contributed by atoms with E-state index in [1.54, 1.807) is 31.4 Å². The summed E-state index contributed by atoms with van der Waals surface area (Å²) in [5.74, 6) is -0.862. The van der Waals surface area contributed by atoms with Crippen LogP contribution < -0.4 is 14.8 Å². The summed E-state index contributed by atoms with van der Waals surface area (Å²) in [6.45, 7) is 1.07. The number of esters is 2. The molecule has 0 aliphatic rings. The third-order valence-corrected chi connectivity index (χ3v) is 4.73. The van der Waals surface area contributed by atoms with Crippen LogP contribution in [0.15, 0.2) is 48.5 Å². The number of nitrogens with one attached hydrogen (secondary N) is 1. The number of methoxy groups -OCH3 is 2. The fraction of sp³-hybridized carbons (Fsp3) is 0.360. The lowest BCUT2D eigenvalue weighted by molar-refractivity contribution is -0.157. The minimum atomic E-state index is -0.926. The van der Waals surface area contributed by atoms with Gasteiger partial charge in [-0.2, -0.15) is 0 Å². The number of ketones is 1. The Labute approximate surface area is 198 Å². The number of aryl methyl sites for hydroxylation is 1. The SMILES string of the molecule is COCOC(=O)C(Cc1ccc(OC(=O)CC(C)=O)cc1)NC(=O)CCc1ccc(OC)cc1. The molecule has 9 nitrogen and oxygen atoms in total. The molecule has 0 heterocycles. The first-order valence-electron chi connectivity index (χ1n) is 10.7. The van der Waals surface area contributed by atoms with Gasteiger partial charge < -0.3 is 24.3 Å². The molecule has 0 aliphatic carbocycles. The quantitative estimate of drug-likeness (QED) is 0.205. The summed E-state index contributed by atoms with van der Waals surface area (Å²) in [4.78, 5) is 47.6. The van der Waals surface area contributed by atoms with Crippen molar-refractivity contribution in [3.63, 3.8) is 0 Å². The molecule has 1 atom stereocenters. The minimum absolute atomic E-state index is 0.165. The number of rotatable bonds is 13. The number of benzene rings is 2. The number of hydrogen-bond acceptors (Lipinski definition) is 8. The Hall–Kier alpha value is -3.72. The van der Waals surface area contributed by atoms with Crippen LogP contribution in [0, 0.1) is 0 Å². The molecule has 0 spiro atoms. The summed E-state index contributed by atoms with van der Waals surface area (Å²) in [6, 6.07) is 12.9. The van der Waals surface area contributed by atoms with Crippen molar-refractivity contribution in [2.75, 3.05) is 21.0 Å². The summed E-state index contributed by atoms with van der Waals surface area (Å²) in [7, 11) is 2.97. The third kappa shape index (κ3) is 9.41. The number of carbonyl (C=O) groups is 4. The molecule has 0 radical (unpaired) electrons. The Morgan fingerprint density at radius 2 is 1.50 bits per heavy atom. The lowest BCUT2D eigenvalue weighted by Crippen LogP contribution is -2.43. The lowest BCUT2D eigenvalue weighted by atomic mass is 10.0. The van der Waals surface area contributed by atoms with Crippen molar-refractivity contribution in [2.45, 2.75) is 38.6 Å². The standard InChI is InChI=1S/C25H29NO8/c1-17(27)14-24(29)34-21-11-6-19(7-12-21)15-22(25(30)33-16-31-2)26-23(28)13-8-18-4-9-20(32-3)10-5-18/h4-7,9-12,22H,8,13-16H2,1-3H3,(H,26,28). The van der Waals surface area contributed by atoms with Crippen molar-refractivity contribution in [1.29, 1.82) is 0 Å². The number of amides is 1. The molecule has 9 heteroatoms. The summed E-state index contributed by atoms with van der Waals surface area (Å²) in [6.07, 6.45) is 0.539. The first kappa shape index (κ1) is 26.5. The van der Waals surface area contributed by atoms with Gasteiger partial charge in [0.1, 0.15) is 29.7 Å². The van der Waals surface area contributed by atoms with Crippen molar-refractivity contribution in [3.05, 3.63) is 59.7 Å². The monoisotopic (exact) mass is 471 g/mol. The average Bonchev–Trinajstić information content (AvgIpc) is 2.81. The molecule has 1 N–H and O–H groups in total. The lowest BCUT2D eigenvalue weighted by Gasteiger charge is -2.18. The maximum Gasteiger partial charge on any atom is 0.331 e. The molecule has 0 saturated carbocycles. The first-order chi connectivity index (χ1) is 16.3. The maximum absolute atomic E-state index is 12.5. The van der Waals surface area contributed by atoms with Crippen molar-refractivity contribution < 1.29 is 38.1 Å². The van der Waals surface area contributed by atoms with Gasteiger partial charge in [-0.15, -0.1) is 0 Å². The zero-order chi connectivity index (χ0) is 24.9. The molecule has 1 amide bonds. The number of hydrogen-bond donors (Lipinski definition) is 1. The van der Waals surface area contributed by atoms with Crippen LogP contribution in [0.4, 0.5) is 0 Å². The van der Waals surface area contributed by atoms with Gasteiger partial charge in [0, 0.05) is 20.0 Å². The first-order valence-corrected chi connectivity index (χ1v) is 10.7. The molecule has 0 aliphatic heterocycles. The zero-order valence-electron chi connectivity index (χ0n) is 19.5. The minimum Gasteiger partial charge on any atom is -0.497 e. The molecule has 34 heavy (non-hydrogen) atoms. The van der Waals surface area contributed by atoms with Gasteiger partial charge in [-0.25, -0.2) is 4.79 Å². The number of Topliss-reactive ketones (excluding diaryl/α,β-unsaturated/α-hetero) is 1. The van der Waals surface area contributed by atoms with Gasteiger partial charge in [-0.05, 0) is 48.7 Å². The van der Waals surface area contributed by atoms with E-state index in [2.05, 4.69) is 5.32 Å². The summed E-state index contributed by atoms with van der Waals surface area (Å²) in [5, 5.41) is 2.72. The van der Waals surface area contributed by atoms with E-state index >= 15 is 0 Å². The summed E-state index contributed by atoms with van der Waals surface area (Å²) >= 11 is 0. The Balaban J connectivity index is 1.98. The molecular formula is C25H29NO8. The van der Waals surface area contributed by atoms with E-state index in [1.807, 2.05) is 24.3 Å². The highest BCUT2D eigenvalue weighted by Gasteiger charge is 2.23. The van der Waals surface area contributed by atoms with Crippen LogP contribution >= 0.6 is 0 Å². The Morgan fingerprint density at radius 1 is 0.882 bits per heavy atom. The van der Waals surface area contributed by atoms with Crippen LogP contribution in [-0.2, 0) is 41.5 Å². The third-order valence-electron chi connectivity index (χ3n) is 4.73. The van der Waals surface area contributed by atoms with E-state index in [1.165, 1.54) is 14.0 Å². The highest BCUT2D eigenvalue weighted by molar-refractivity contribution is 5.94. The molecule has 0 bridgehead atoms. The zero-order valence-corrected chi connectivity index (χ0v) is 19.5. The van der Waals surface area contributed by atoms with Crippen molar-refractivity contribution in [3.8, 4) is 11.5 Å². The van der Waals surface area contributed by atoms with Crippen LogP contribution in [-0.4, -0.2) is 50.7 Å². The second kappa shape index (κ2) is 13.7. The molecular weight excluding hydrogens is 442 g/mol. The largest absolute Gasteiger partial charge is 0.497 e. The second-order valence-corrected chi connectivity index (χ2v) is 7.54. The normalized spacial score (nSPS) is 11.3. The van der Waals surface area contributed by atoms with Gasteiger partial charge in [-0.3, -0.25) is 14.4 Å². The highest BCUT2D eigenvalue weighted by atomic mass is 16.7. The molecule has 1 unspecified atom stereocenters. The smallest absolute Gasteiger partial charge is 0.331 e. The van der Waals surface area contributed by atoms with Crippen molar-refractivity contribution in [1.82, 2.24) is 5.32 Å². The van der Waals surface area contributed by atoms with Crippen LogP contribution in [0.5, 0.6) is 11.5 Å². The summed E-state index contributed by atoms with van der Waals surface area (Å²) < 4.78 is 20.0. The number of ether oxygens (including phenoxy) is 4. The number of carbonyl (C=O) groups excluding carboxylic acids is 4. The molecule has 0 saturated heterocycles. The van der Waals surface area contributed by atoms with Gasteiger partial charge in [0.05, 0.1) is 7.11 Å². The van der Waals surface area contributed by atoms with E-state index in [0.717, 1.165) is 11.3 Å². The van der Waals surface area contributed by atoms with Crippen LogP contribution in [0.2, 0.25) is 0 Å². The van der Waals surface area contributed by atoms with Gasteiger partial charge in [-0.1, -0.05) is 24.3 Å². The predicted molar refractivity (Wildman–Crippen MR) is 122 cm³/mol. The van der Waals surface area contributed by atoms with Crippen molar-refractivity contribution in [2.24, 2.45) is 0 Å². The Morgan fingerprint density at radius 3 is 2.09 bits per heavy atom. The van der Waals surface area contributed by atoms with E-state index in [-0.39, 0.29) is 43.5 Å². The van der Waals surface area contributed by atoms with Crippen LogP contribution in [0.3, 0.4) is 0 Å². The van der Waals surface area contributed by atoms with E-state index < -0.39 is 18.0 Å². The molecule has 2 rings (SSSR count). The van der Waals surface area contributed by atoms with Crippen molar-refractivity contribution >= 4 is 23.6 Å². The molecule has 2 aromatic rings. The van der Waals surface area contributed by atoms with Crippen LogP contribution in [0.1, 0.15) is 30.9 Å². The molecule has 0 aromatic heterocycles. The fourth-order valence-electron chi connectivity index (χ4n) is 3.03. The average molecular weight is 472 g/mol. The highest BCUT2D eigenvalue weighted by Crippen LogP contribution is 2.16. The Bertz CT molecular complexity index is 969. The van der Waals surface area contributed by atoms with Gasteiger partial charge in [0.25, 0.3) is 0 Å². The van der Waals surface area contributed by atoms with Gasteiger partial charge in [0.15, 0.2) is 6.79 Å². The summed E-state index contributed by atoms with van der Waals surface area (Å²) in [5.41, 5.74) is 1.67. The van der Waals surface area contributed by atoms with E-state index in [4.69, 9.17) is 18.9 Å². The predicted octanol–water partition coefficient (Wildman–Crippen LogP) is 2.39. The topological polar surface area (TPSA) is 117 Å². The van der Waals surface area contributed by atoms with E-state index in [9.17, 15) is 19.2 Å². The van der Waals surface area contributed by atoms with Gasteiger partial charge in [0.2, 0.25) is 5.91 Å². The van der Waals surface area contributed by atoms with Crippen LogP contribution in [0.25, 0.3) is 0 Å². The second-order valence-electron chi connectivity index (χ2n) is 7.54. The molecule has 2 aromatic carbocycles. The fourth-order valence-corrected chi connectivity index (χ4v) is 3.03. The Kier molecular flexibility index (Phi) is 10.7. The maximum atomic E-state index is 12.5. The van der Waals surface area contributed by atoms with Gasteiger partial charge >= 0.3 is 11.9 Å². The molecule has 182 valence electrons. The molecule has 0 fully saturated rings. The van der Waals surface area contributed by atoms with E-state index in [0.29, 0.717) is 12.0 Å².